The van der Waals surface area contributed by atoms with Gasteiger partial charge in [0, 0.05) is 38.2 Å². The summed E-state index contributed by atoms with van der Waals surface area (Å²) >= 11 is 0. The van der Waals surface area contributed by atoms with Crippen LogP contribution in [0.4, 0.5) is 5.82 Å². The zero-order valence-electron chi connectivity index (χ0n) is 16.2. The lowest BCUT2D eigenvalue weighted by molar-refractivity contribution is 0.0697. The number of likely N-dealkylation sites (tertiary alicyclic amines) is 1. The third kappa shape index (κ3) is 4.05. The topological polar surface area (TPSA) is 118 Å². The lowest BCUT2D eigenvalue weighted by Crippen LogP contribution is -2.40. The number of carbonyl (C=O) groups excluding carboxylic acids is 1. The predicted octanol–water partition coefficient (Wildman–Crippen LogP) is -0.0486. The van der Waals surface area contributed by atoms with Crippen LogP contribution < -0.4 is 11.4 Å². The Morgan fingerprint density at radius 1 is 1.44 bits per heavy atom. The van der Waals surface area contributed by atoms with Crippen molar-refractivity contribution in [3.63, 3.8) is 0 Å². The van der Waals surface area contributed by atoms with Crippen molar-refractivity contribution in [1.29, 1.82) is 0 Å². The molecular formula is C17H28N8O2. The first-order valence-electron chi connectivity index (χ1n) is 9.33. The Morgan fingerprint density at radius 3 is 2.85 bits per heavy atom. The highest BCUT2D eigenvalue weighted by molar-refractivity contribution is 5.93. The van der Waals surface area contributed by atoms with E-state index in [1.165, 1.54) is 4.68 Å². The van der Waals surface area contributed by atoms with Crippen LogP contribution in [0, 0.1) is 0 Å². The van der Waals surface area contributed by atoms with Crippen LogP contribution >= 0.6 is 0 Å². The van der Waals surface area contributed by atoms with E-state index >= 15 is 0 Å². The summed E-state index contributed by atoms with van der Waals surface area (Å²) in [5, 5.41) is 11.1. The van der Waals surface area contributed by atoms with Crippen molar-refractivity contribution in [2.45, 2.75) is 38.8 Å². The highest BCUT2D eigenvalue weighted by Crippen LogP contribution is 2.26. The van der Waals surface area contributed by atoms with E-state index in [9.17, 15) is 9.59 Å². The van der Waals surface area contributed by atoms with Gasteiger partial charge < -0.3 is 15.5 Å². The van der Waals surface area contributed by atoms with Crippen molar-refractivity contribution in [2.24, 2.45) is 0 Å². The predicted molar refractivity (Wildman–Crippen MR) is 102 cm³/mol. The van der Waals surface area contributed by atoms with Crippen LogP contribution in [0.15, 0.2) is 10.9 Å². The van der Waals surface area contributed by atoms with Crippen LogP contribution in [0.2, 0.25) is 0 Å². The normalized spacial score (nSPS) is 17.6. The molecule has 0 radical (unpaired) electrons. The summed E-state index contributed by atoms with van der Waals surface area (Å²) in [5.41, 5.74) is 5.91. The summed E-state index contributed by atoms with van der Waals surface area (Å²) in [4.78, 5) is 29.2. The van der Waals surface area contributed by atoms with E-state index in [4.69, 9.17) is 5.73 Å². The van der Waals surface area contributed by atoms with E-state index in [1.54, 1.807) is 15.5 Å². The van der Waals surface area contributed by atoms with Gasteiger partial charge in [0.15, 0.2) is 0 Å². The first-order valence-corrected chi connectivity index (χ1v) is 9.33. The fraction of sp³-hybridized carbons (Fsp3) is 0.647. The standard InChI is InChI=1S/C17H28N8O2/c1-4-24-15(21-25(17(24)27)9-8-22(2)3)12-6-5-7-23(11-12)16(26)13-10-14(18)20-19-13/h10,12H,4-9,11H2,1-3H3,(H3,18,19,20)/t12-/m1/s1. The molecule has 1 aliphatic heterocycles. The summed E-state index contributed by atoms with van der Waals surface area (Å²) in [6.07, 6.45) is 1.77. The van der Waals surface area contributed by atoms with Gasteiger partial charge >= 0.3 is 5.69 Å². The molecule has 148 valence electrons. The van der Waals surface area contributed by atoms with Gasteiger partial charge in [-0.15, -0.1) is 0 Å². The largest absolute Gasteiger partial charge is 0.382 e. The molecule has 2 aromatic rings. The Labute approximate surface area is 157 Å². The van der Waals surface area contributed by atoms with Crippen molar-refractivity contribution in [3.8, 4) is 0 Å². The number of carbonyl (C=O) groups is 1. The van der Waals surface area contributed by atoms with Crippen LogP contribution in [-0.2, 0) is 13.1 Å². The van der Waals surface area contributed by atoms with Crippen LogP contribution in [0.1, 0.15) is 42.0 Å². The molecule has 0 aromatic carbocycles. The molecule has 10 heteroatoms. The number of anilines is 1. The Morgan fingerprint density at radius 2 is 2.22 bits per heavy atom. The fourth-order valence-electron chi connectivity index (χ4n) is 3.49. The number of nitrogens with two attached hydrogens (primary N) is 1. The Bertz CT molecular complexity index is 849. The van der Waals surface area contributed by atoms with E-state index in [2.05, 4.69) is 15.3 Å². The fourth-order valence-corrected chi connectivity index (χ4v) is 3.49. The highest BCUT2D eigenvalue weighted by atomic mass is 16.2. The van der Waals surface area contributed by atoms with E-state index in [0.29, 0.717) is 37.7 Å². The summed E-state index contributed by atoms with van der Waals surface area (Å²) in [6, 6.07) is 1.55. The lowest BCUT2D eigenvalue weighted by atomic mass is 9.97. The maximum absolute atomic E-state index is 12.7. The number of amides is 1. The molecule has 3 N–H and O–H groups in total. The maximum atomic E-state index is 12.7. The Kier molecular flexibility index (Phi) is 5.64. The Balaban J connectivity index is 1.80. The number of aromatic amines is 1. The van der Waals surface area contributed by atoms with Crippen LogP contribution in [-0.4, -0.2) is 74.0 Å². The van der Waals surface area contributed by atoms with Gasteiger partial charge in [-0.2, -0.15) is 10.2 Å². The number of aromatic nitrogens is 5. The number of nitrogens with one attached hydrogen (secondary N) is 1. The second kappa shape index (κ2) is 7.95. The summed E-state index contributed by atoms with van der Waals surface area (Å²) in [6.45, 7) is 5.01. The number of H-pyrrole nitrogens is 1. The third-order valence-corrected chi connectivity index (χ3v) is 4.93. The number of nitrogen functional groups attached to an aromatic ring is 1. The van der Waals surface area contributed by atoms with Crippen molar-refractivity contribution in [3.05, 3.63) is 28.1 Å². The van der Waals surface area contributed by atoms with Gasteiger partial charge in [0.2, 0.25) is 0 Å². The van der Waals surface area contributed by atoms with E-state index in [1.807, 2.05) is 25.9 Å². The smallest absolute Gasteiger partial charge is 0.345 e. The molecule has 3 heterocycles. The van der Waals surface area contributed by atoms with E-state index < -0.39 is 0 Å². The molecule has 1 atom stereocenters. The van der Waals surface area contributed by atoms with Gasteiger partial charge in [0.1, 0.15) is 17.3 Å². The van der Waals surface area contributed by atoms with Gasteiger partial charge in [0.05, 0.1) is 6.54 Å². The van der Waals surface area contributed by atoms with Crippen molar-refractivity contribution in [2.75, 3.05) is 39.5 Å². The minimum Gasteiger partial charge on any atom is -0.382 e. The monoisotopic (exact) mass is 376 g/mol. The number of hydrogen-bond donors (Lipinski definition) is 2. The van der Waals surface area contributed by atoms with Gasteiger partial charge in [-0.25, -0.2) is 9.48 Å². The molecule has 2 aromatic heterocycles. The third-order valence-electron chi connectivity index (χ3n) is 4.93. The SMILES string of the molecule is CCn1c([C@@H]2CCCN(C(=O)c3cc(N)n[nH]3)C2)nn(CCN(C)C)c1=O. The second-order valence-electron chi connectivity index (χ2n) is 7.21. The molecule has 1 amide bonds. The molecule has 0 aliphatic carbocycles. The minimum absolute atomic E-state index is 0.0382. The number of piperidine rings is 1. The average Bonchev–Trinajstić information content (AvgIpc) is 3.22. The van der Waals surface area contributed by atoms with Crippen molar-refractivity contribution in [1.82, 2.24) is 34.3 Å². The van der Waals surface area contributed by atoms with Gasteiger partial charge in [-0.1, -0.05) is 0 Å². The number of nitrogens with zero attached hydrogens (tertiary/aromatic N) is 6. The van der Waals surface area contributed by atoms with Gasteiger partial charge in [-0.05, 0) is 33.9 Å². The zero-order chi connectivity index (χ0) is 19.6. The molecule has 3 rings (SSSR count). The second-order valence-corrected chi connectivity index (χ2v) is 7.21. The number of likely N-dealkylation sites (N-methyl/N-ethyl adjacent to an activating group) is 1. The summed E-state index contributed by atoms with van der Waals surface area (Å²) in [5.74, 6) is 0.979. The molecule has 0 bridgehead atoms. The maximum Gasteiger partial charge on any atom is 0.345 e. The highest BCUT2D eigenvalue weighted by Gasteiger charge is 2.30. The molecule has 1 aliphatic rings. The molecule has 0 spiro atoms. The van der Waals surface area contributed by atoms with Crippen molar-refractivity contribution >= 4 is 11.7 Å². The van der Waals surface area contributed by atoms with Gasteiger partial charge in [0.25, 0.3) is 5.91 Å². The molecule has 0 unspecified atom stereocenters. The average molecular weight is 376 g/mol. The number of hydrogen-bond acceptors (Lipinski definition) is 6. The minimum atomic E-state index is -0.124. The first kappa shape index (κ1) is 19.2. The van der Waals surface area contributed by atoms with Crippen LogP contribution in [0.5, 0.6) is 0 Å². The van der Waals surface area contributed by atoms with E-state index in [-0.39, 0.29) is 17.5 Å². The first-order chi connectivity index (χ1) is 12.9. The molecule has 10 nitrogen and oxygen atoms in total. The Hall–Kier alpha value is -2.62. The van der Waals surface area contributed by atoms with Crippen LogP contribution in [0.3, 0.4) is 0 Å². The van der Waals surface area contributed by atoms with Crippen molar-refractivity contribution < 1.29 is 4.79 Å². The molecule has 0 saturated carbocycles. The molecule has 1 fully saturated rings. The molecule has 27 heavy (non-hydrogen) atoms. The quantitative estimate of drug-likeness (QED) is 0.730. The van der Waals surface area contributed by atoms with E-state index in [0.717, 1.165) is 25.2 Å². The summed E-state index contributed by atoms with van der Waals surface area (Å²) in [7, 11) is 3.94. The zero-order valence-corrected chi connectivity index (χ0v) is 16.2. The molecular weight excluding hydrogens is 348 g/mol. The number of rotatable bonds is 6. The van der Waals surface area contributed by atoms with Gasteiger partial charge in [-0.3, -0.25) is 14.5 Å². The lowest BCUT2D eigenvalue weighted by Gasteiger charge is -2.32. The summed E-state index contributed by atoms with van der Waals surface area (Å²) < 4.78 is 3.26. The van der Waals surface area contributed by atoms with Crippen LogP contribution in [0.25, 0.3) is 0 Å². The molecule has 1 saturated heterocycles.